The van der Waals surface area contributed by atoms with Crippen LogP contribution in [0.25, 0.3) is 0 Å². The van der Waals surface area contributed by atoms with Crippen LogP contribution in [0, 0.1) is 24.5 Å². The molecule has 1 aliphatic carbocycles. The van der Waals surface area contributed by atoms with Crippen molar-refractivity contribution in [3.8, 4) is 0 Å². The molecule has 2 heterocycles. The minimum Gasteiger partial charge on any atom is -0.349 e. The highest BCUT2D eigenvalue weighted by Gasteiger charge is 2.57. The quantitative estimate of drug-likeness (QED) is 0.659. The van der Waals surface area contributed by atoms with E-state index in [2.05, 4.69) is 32.5 Å². The van der Waals surface area contributed by atoms with Crippen LogP contribution in [0.1, 0.15) is 40.5 Å². The first kappa shape index (κ1) is 20.8. The van der Waals surface area contributed by atoms with E-state index in [4.69, 9.17) is 4.52 Å². The van der Waals surface area contributed by atoms with Crippen molar-refractivity contribution in [2.24, 2.45) is 5.92 Å². The maximum absolute atomic E-state index is 14.1. The molecule has 3 unspecified atom stereocenters. The van der Waals surface area contributed by atoms with Gasteiger partial charge in [-0.3, -0.25) is 9.69 Å². The lowest BCUT2D eigenvalue weighted by Crippen LogP contribution is -2.38. The van der Waals surface area contributed by atoms with Crippen molar-refractivity contribution in [1.29, 1.82) is 0 Å². The maximum atomic E-state index is 14.1. The molecule has 1 aliphatic heterocycles. The van der Waals surface area contributed by atoms with Gasteiger partial charge in [-0.2, -0.15) is 4.98 Å². The van der Waals surface area contributed by atoms with Crippen molar-refractivity contribution in [3.05, 3.63) is 83.0 Å². The predicted octanol–water partition coefficient (Wildman–Crippen LogP) is 3.62. The zero-order chi connectivity index (χ0) is 22.3. The van der Waals surface area contributed by atoms with Crippen LogP contribution in [0.3, 0.4) is 0 Å². The van der Waals surface area contributed by atoms with E-state index in [1.165, 1.54) is 11.6 Å². The third-order valence-electron chi connectivity index (χ3n) is 6.66. The monoisotopic (exact) mass is 438 g/mol. The molecule has 2 fully saturated rings. The molecule has 3 aromatic rings. The van der Waals surface area contributed by atoms with Gasteiger partial charge in [0.2, 0.25) is 5.89 Å². The average molecular weight is 438 g/mol. The molecule has 32 heavy (non-hydrogen) atoms. The Morgan fingerprint density at radius 2 is 2.06 bits per heavy atom. The summed E-state index contributed by atoms with van der Waals surface area (Å²) in [6, 6.07) is 13.1. The molecule has 166 valence electrons. The van der Waals surface area contributed by atoms with Gasteiger partial charge in [-0.25, -0.2) is 8.78 Å². The number of amides is 1. The Balaban J connectivity index is 1.35. The van der Waals surface area contributed by atoms with Gasteiger partial charge in [0.05, 0.1) is 11.0 Å². The van der Waals surface area contributed by atoms with Gasteiger partial charge in [0.25, 0.3) is 5.91 Å². The Hall–Kier alpha value is -3.13. The number of nitrogens with zero attached hydrogens (tertiary/aromatic N) is 3. The number of hydrogen-bond acceptors (Lipinski definition) is 5. The second-order valence-electron chi connectivity index (χ2n) is 8.89. The standard InChI is InChI=1S/C24H24F2N4O2/c1-15-27-23(32-29-15)24-11-19(28-22(31)20-8-7-18(25)10-21(20)26)9-17(24)13-30(14-24)12-16-5-3-2-4-6-16/h2-8,10,17,19H,9,11-14H2,1H3,(H,28,31). The highest BCUT2D eigenvalue weighted by atomic mass is 19.1. The fraction of sp³-hybridized carbons (Fsp3) is 0.375. The summed E-state index contributed by atoms with van der Waals surface area (Å²) in [6.45, 7) is 4.20. The van der Waals surface area contributed by atoms with E-state index in [9.17, 15) is 13.6 Å². The first-order valence-electron chi connectivity index (χ1n) is 10.8. The van der Waals surface area contributed by atoms with Gasteiger partial charge in [0.1, 0.15) is 11.6 Å². The van der Waals surface area contributed by atoms with Gasteiger partial charge in [-0.1, -0.05) is 35.5 Å². The van der Waals surface area contributed by atoms with E-state index in [0.717, 1.165) is 38.2 Å². The average Bonchev–Trinajstić information content (AvgIpc) is 3.41. The Bertz CT molecular complexity index is 1140. The molecule has 0 bridgehead atoms. The van der Waals surface area contributed by atoms with Crippen LogP contribution >= 0.6 is 0 Å². The zero-order valence-corrected chi connectivity index (χ0v) is 17.7. The summed E-state index contributed by atoms with van der Waals surface area (Å²) in [7, 11) is 0. The number of fused-ring (bicyclic) bond motifs is 1. The number of hydrogen-bond donors (Lipinski definition) is 1. The Morgan fingerprint density at radius 3 is 2.78 bits per heavy atom. The van der Waals surface area contributed by atoms with Crippen LogP contribution in [0.15, 0.2) is 53.1 Å². The maximum Gasteiger partial charge on any atom is 0.254 e. The van der Waals surface area contributed by atoms with Gasteiger partial charge >= 0.3 is 0 Å². The van der Waals surface area contributed by atoms with Gasteiger partial charge in [0.15, 0.2) is 5.82 Å². The van der Waals surface area contributed by atoms with Crippen molar-refractivity contribution >= 4 is 5.91 Å². The molecule has 1 saturated heterocycles. The molecule has 2 aliphatic rings. The molecule has 1 amide bonds. The zero-order valence-electron chi connectivity index (χ0n) is 17.7. The topological polar surface area (TPSA) is 71.3 Å². The molecule has 2 aromatic carbocycles. The molecule has 1 N–H and O–H groups in total. The smallest absolute Gasteiger partial charge is 0.254 e. The van der Waals surface area contributed by atoms with Gasteiger partial charge in [0, 0.05) is 31.7 Å². The molecule has 0 spiro atoms. The van der Waals surface area contributed by atoms with E-state index in [1.807, 2.05) is 18.2 Å². The lowest BCUT2D eigenvalue weighted by molar-refractivity contribution is 0.0929. The summed E-state index contributed by atoms with van der Waals surface area (Å²) in [5.41, 5.74) is 0.716. The Morgan fingerprint density at radius 1 is 1.25 bits per heavy atom. The van der Waals surface area contributed by atoms with Gasteiger partial charge < -0.3 is 9.84 Å². The van der Waals surface area contributed by atoms with Crippen LogP contribution in [0.5, 0.6) is 0 Å². The highest BCUT2D eigenvalue weighted by Crippen LogP contribution is 2.50. The molecule has 8 heteroatoms. The Labute approximate surface area is 184 Å². The number of rotatable bonds is 5. The number of nitrogens with one attached hydrogen (secondary N) is 1. The van der Waals surface area contributed by atoms with Crippen molar-refractivity contribution in [3.63, 3.8) is 0 Å². The minimum atomic E-state index is -0.864. The SMILES string of the molecule is Cc1noc(C23CC(NC(=O)c4ccc(F)cc4F)CC2CN(Cc2ccccc2)C3)n1. The number of aryl methyl sites for hydroxylation is 1. The van der Waals surface area contributed by atoms with E-state index in [-0.39, 0.29) is 22.9 Å². The second kappa shape index (κ2) is 8.09. The molecule has 0 radical (unpaired) electrons. The van der Waals surface area contributed by atoms with Crippen molar-refractivity contribution < 1.29 is 18.1 Å². The lowest BCUT2D eigenvalue weighted by Gasteiger charge is -2.25. The van der Waals surface area contributed by atoms with Gasteiger partial charge in [-0.15, -0.1) is 0 Å². The number of aromatic nitrogens is 2. The molecule has 3 atom stereocenters. The number of benzene rings is 2. The summed E-state index contributed by atoms with van der Waals surface area (Å²) in [5, 5.41) is 6.94. The number of carbonyl (C=O) groups is 1. The normalized spacial score (nSPS) is 25.1. The fourth-order valence-corrected chi connectivity index (χ4v) is 5.31. The molecular formula is C24H24F2N4O2. The predicted molar refractivity (Wildman–Crippen MR) is 113 cm³/mol. The van der Waals surface area contributed by atoms with Crippen LogP contribution in [-0.2, 0) is 12.0 Å². The second-order valence-corrected chi connectivity index (χ2v) is 8.89. The molecule has 5 rings (SSSR count). The van der Waals surface area contributed by atoms with E-state index in [0.29, 0.717) is 18.1 Å². The van der Waals surface area contributed by atoms with Crippen LogP contribution in [0.2, 0.25) is 0 Å². The van der Waals surface area contributed by atoms with Gasteiger partial charge in [-0.05, 0) is 43.4 Å². The van der Waals surface area contributed by atoms with E-state index < -0.39 is 17.5 Å². The summed E-state index contributed by atoms with van der Waals surface area (Å²) in [5.74, 6) is -0.716. The minimum absolute atomic E-state index is 0.156. The number of halogens is 2. The summed E-state index contributed by atoms with van der Waals surface area (Å²) in [6.07, 6.45) is 1.35. The van der Waals surface area contributed by atoms with Crippen molar-refractivity contribution in [2.75, 3.05) is 13.1 Å². The van der Waals surface area contributed by atoms with Crippen LogP contribution < -0.4 is 5.32 Å². The lowest BCUT2D eigenvalue weighted by atomic mass is 9.80. The number of carbonyl (C=O) groups excluding carboxylic acids is 1. The summed E-state index contributed by atoms with van der Waals surface area (Å²) >= 11 is 0. The number of likely N-dealkylation sites (tertiary alicyclic amines) is 1. The largest absolute Gasteiger partial charge is 0.349 e. The van der Waals surface area contributed by atoms with Crippen molar-refractivity contribution in [1.82, 2.24) is 20.4 Å². The van der Waals surface area contributed by atoms with Crippen LogP contribution in [-0.4, -0.2) is 40.1 Å². The van der Waals surface area contributed by atoms with E-state index in [1.54, 1.807) is 6.92 Å². The molecule has 6 nitrogen and oxygen atoms in total. The third kappa shape index (κ3) is 3.79. The Kier molecular flexibility index (Phi) is 5.25. The summed E-state index contributed by atoms with van der Waals surface area (Å²) in [4.78, 5) is 19.6. The van der Waals surface area contributed by atoms with Crippen molar-refractivity contribution in [2.45, 2.75) is 37.8 Å². The van der Waals surface area contributed by atoms with Crippen LogP contribution in [0.4, 0.5) is 8.78 Å². The fourth-order valence-electron chi connectivity index (χ4n) is 5.31. The van der Waals surface area contributed by atoms with E-state index >= 15 is 0 Å². The molecule has 1 aromatic heterocycles. The third-order valence-corrected chi connectivity index (χ3v) is 6.66. The molecule has 1 saturated carbocycles. The first-order chi connectivity index (χ1) is 15.4. The highest BCUT2D eigenvalue weighted by molar-refractivity contribution is 5.94. The first-order valence-corrected chi connectivity index (χ1v) is 10.8. The molecular weight excluding hydrogens is 414 g/mol. The summed E-state index contributed by atoms with van der Waals surface area (Å²) < 4.78 is 32.9.